The summed E-state index contributed by atoms with van der Waals surface area (Å²) in [6, 6.07) is 0. The molecule has 2 N–H and O–H groups in total. The van der Waals surface area contributed by atoms with Crippen molar-refractivity contribution >= 4 is 15.8 Å². The summed E-state index contributed by atoms with van der Waals surface area (Å²) in [6.45, 7) is 2.98. The van der Waals surface area contributed by atoms with Crippen molar-refractivity contribution in [1.82, 2.24) is 0 Å². The first-order valence-electron chi connectivity index (χ1n) is 4.98. The van der Waals surface area contributed by atoms with Crippen LogP contribution in [0.5, 0.6) is 0 Å². The van der Waals surface area contributed by atoms with Crippen LogP contribution < -0.4 is 0 Å². The summed E-state index contributed by atoms with van der Waals surface area (Å²) in [4.78, 5) is 11.1. The van der Waals surface area contributed by atoms with Gasteiger partial charge >= 0.3 is 5.97 Å². The van der Waals surface area contributed by atoms with E-state index in [0.717, 1.165) is 0 Å². The number of sulfone groups is 1. The van der Waals surface area contributed by atoms with Crippen LogP contribution in [0.1, 0.15) is 20.3 Å². The Hall–Kier alpha value is -0.660. The monoisotopic (exact) mass is 252 g/mol. The third-order valence-electron chi connectivity index (χ3n) is 2.75. The second-order valence-corrected chi connectivity index (χ2v) is 6.39. The van der Waals surface area contributed by atoms with Crippen molar-refractivity contribution in [3.05, 3.63) is 0 Å². The van der Waals surface area contributed by atoms with Crippen molar-refractivity contribution in [2.75, 3.05) is 11.5 Å². The van der Waals surface area contributed by atoms with E-state index < -0.39 is 39.4 Å². The maximum Gasteiger partial charge on any atom is 0.337 e. The molecule has 3 atom stereocenters. The predicted molar refractivity (Wildman–Crippen MR) is 55.9 cm³/mol. The van der Waals surface area contributed by atoms with Gasteiger partial charge in [-0.2, -0.15) is 0 Å². The molecule has 1 fully saturated rings. The lowest BCUT2D eigenvalue weighted by atomic mass is 10.0. The molecule has 1 aliphatic rings. The van der Waals surface area contributed by atoms with Gasteiger partial charge in [-0.25, -0.2) is 13.2 Å². The van der Waals surface area contributed by atoms with E-state index in [-0.39, 0.29) is 12.2 Å². The standard InChI is InChI=1S/C9H16O6S/c1-6(10)7(2)15-9(8(11)12)3-4-16(13,14)5-9/h6-7,10H,3-5H2,1-2H3,(H,11,12). The molecule has 0 bridgehead atoms. The molecule has 7 heteroatoms. The molecule has 0 aromatic carbocycles. The first kappa shape index (κ1) is 13.4. The number of carboxylic acids is 1. The Labute approximate surface area is 94.1 Å². The molecule has 3 unspecified atom stereocenters. The maximum absolute atomic E-state index is 11.3. The van der Waals surface area contributed by atoms with Gasteiger partial charge in [0.25, 0.3) is 0 Å². The van der Waals surface area contributed by atoms with E-state index in [4.69, 9.17) is 9.84 Å². The number of aliphatic hydroxyl groups is 1. The van der Waals surface area contributed by atoms with Crippen molar-refractivity contribution in [3.63, 3.8) is 0 Å². The van der Waals surface area contributed by atoms with E-state index in [2.05, 4.69) is 0 Å². The van der Waals surface area contributed by atoms with Crippen LogP contribution in [-0.2, 0) is 19.4 Å². The second kappa shape index (κ2) is 4.31. The highest BCUT2D eigenvalue weighted by atomic mass is 32.2. The highest BCUT2D eigenvalue weighted by Gasteiger charge is 2.50. The normalized spacial score (nSPS) is 32.2. The number of rotatable bonds is 4. The number of aliphatic carboxylic acids is 1. The molecule has 0 amide bonds. The quantitative estimate of drug-likeness (QED) is 0.694. The second-order valence-electron chi connectivity index (χ2n) is 4.21. The third-order valence-corrected chi connectivity index (χ3v) is 4.48. The van der Waals surface area contributed by atoms with Gasteiger partial charge in [-0.15, -0.1) is 0 Å². The van der Waals surface area contributed by atoms with Crippen molar-refractivity contribution in [3.8, 4) is 0 Å². The van der Waals surface area contributed by atoms with E-state index in [1.165, 1.54) is 13.8 Å². The number of ether oxygens (including phenoxy) is 1. The number of hydrogen-bond donors (Lipinski definition) is 2. The highest BCUT2D eigenvalue weighted by molar-refractivity contribution is 7.91. The summed E-state index contributed by atoms with van der Waals surface area (Å²) >= 11 is 0. The zero-order chi connectivity index (χ0) is 12.6. The van der Waals surface area contributed by atoms with Gasteiger partial charge in [-0.3, -0.25) is 0 Å². The summed E-state index contributed by atoms with van der Waals surface area (Å²) < 4.78 is 27.8. The van der Waals surface area contributed by atoms with Crippen molar-refractivity contribution in [2.45, 2.75) is 38.1 Å². The van der Waals surface area contributed by atoms with Crippen LogP contribution in [-0.4, -0.2) is 53.9 Å². The molecule has 1 aliphatic heterocycles. The number of carboxylic acid groups (broad SMARTS) is 1. The molecule has 6 nitrogen and oxygen atoms in total. The molecule has 0 aliphatic carbocycles. The van der Waals surface area contributed by atoms with E-state index in [1.54, 1.807) is 0 Å². The van der Waals surface area contributed by atoms with Gasteiger partial charge < -0.3 is 14.9 Å². The van der Waals surface area contributed by atoms with Crippen molar-refractivity contribution in [1.29, 1.82) is 0 Å². The van der Waals surface area contributed by atoms with Crippen molar-refractivity contribution < 1.29 is 28.2 Å². The van der Waals surface area contributed by atoms with Crippen LogP contribution in [0.25, 0.3) is 0 Å². The van der Waals surface area contributed by atoms with Gasteiger partial charge in [-0.1, -0.05) is 0 Å². The highest BCUT2D eigenvalue weighted by Crippen LogP contribution is 2.29. The van der Waals surface area contributed by atoms with E-state index in [0.29, 0.717) is 0 Å². The van der Waals surface area contributed by atoms with Gasteiger partial charge in [0, 0.05) is 6.42 Å². The van der Waals surface area contributed by atoms with Gasteiger partial charge in [0.2, 0.25) is 0 Å². The lowest BCUT2D eigenvalue weighted by molar-refractivity contribution is -0.174. The molecule has 0 aromatic rings. The van der Waals surface area contributed by atoms with E-state index >= 15 is 0 Å². The van der Waals surface area contributed by atoms with Gasteiger partial charge in [-0.05, 0) is 13.8 Å². The van der Waals surface area contributed by atoms with Gasteiger partial charge in [0.1, 0.15) is 0 Å². The Bertz CT molecular complexity index is 373. The van der Waals surface area contributed by atoms with Crippen LogP contribution in [0, 0.1) is 0 Å². The SMILES string of the molecule is CC(O)C(C)OC1(C(=O)O)CCS(=O)(=O)C1. The molecule has 16 heavy (non-hydrogen) atoms. The van der Waals surface area contributed by atoms with Gasteiger partial charge in [0.05, 0.1) is 23.7 Å². The molecule has 0 spiro atoms. The maximum atomic E-state index is 11.3. The predicted octanol–water partition coefficient (Wildman–Crippen LogP) is -0.586. The first-order chi connectivity index (χ1) is 7.18. The molecule has 1 rings (SSSR count). The molecule has 1 heterocycles. The van der Waals surface area contributed by atoms with Gasteiger partial charge in [0.15, 0.2) is 15.4 Å². The summed E-state index contributed by atoms with van der Waals surface area (Å²) in [6.07, 6.45) is -1.63. The first-order valence-corrected chi connectivity index (χ1v) is 6.80. The smallest absolute Gasteiger partial charge is 0.337 e. The fraction of sp³-hybridized carbons (Fsp3) is 0.889. The minimum atomic E-state index is -3.36. The van der Waals surface area contributed by atoms with E-state index in [1.807, 2.05) is 0 Å². The lowest BCUT2D eigenvalue weighted by Crippen LogP contribution is -2.47. The Morgan fingerprint density at radius 3 is 2.31 bits per heavy atom. The molecular weight excluding hydrogens is 236 g/mol. The van der Waals surface area contributed by atoms with E-state index in [9.17, 15) is 18.3 Å². The molecule has 0 saturated carbocycles. The molecule has 0 radical (unpaired) electrons. The zero-order valence-corrected chi connectivity index (χ0v) is 10.0. The fourth-order valence-corrected chi connectivity index (χ4v) is 3.42. The molecule has 0 aromatic heterocycles. The average Bonchev–Trinajstić information content (AvgIpc) is 2.42. The van der Waals surface area contributed by atoms with Crippen LogP contribution in [0.3, 0.4) is 0 Å². The minimum absolute atomic E-state index is 0.0677. The topological polar surface area (TPSA) is 101 Å². The Balaban J connectivity index is 2.89. The Kier molecular flexibility index (Phi) is 3.61. The van der Waals surface area contributed by atoms with Crippen LogP contribution in [0.2, 0.25) is 0 Å². The average molecular weight is 252 g/mol. The third kappa shape index (κ3) is 2.72. The van der Waals surface area contributed by atoms with Crippen LogP contribution in [0.15, 0.2) is 0 Å². The Morgan fingerprint density at radius 1 is 1.44 bits per heavy atom. The fourth-order valence-electron chi connectivity index (χ4n) is 1.59. The Morgan fingerprint density at radius 2 is 2.00 bits per heavy atom. The summed E-state index contributed by atoms with van der Waals surface area (Å²) in [7, 11) is -3.36. The summed E-state index contributed by atoms with van der Waals surface area (Å²) in [5, 5.41) is 18.3. The molecule has 94 valence electrons. The summed E-state index contributed by atoms with van der Waals surface area (Å²) in [5.41, 5.74) is -1.70. The zero-order valence-electron chi connectivity index (χ0n) is 9.21. The van der Waals surface area contributed by atoms with Crippen LogP contribution >= 0.6 is 0 Å². The summed E-state index contributed by atoms with van der Waals surface area (Å²) in [5.74, 6) is -2.00. The molecule has 1 saturated heterocycles. The molecular formula is C9H16O6S. The largest absolute Gasteiger partial charge is 0.479 e. The number of carbonyl (C=O) groups is 1. The minimum Gasteiger partial charge on any atom is -0.479 e. The lowest BCUT2D eigenvalue weighted by Gasteiger charge is -2.28. The number of aliphatic hydroxyl groups excluding tert-OH is 1. The van der Waals surface area contributed by atoms with Crippen molar-refractivity contribution in [2.24, 2.45) is 0 Å². The number of hydrogen-bond acceptors (Lipinski definition) is 5. The van der Waals surface area contributed by atoms with Crippen LogP contribution in [0.4, 0.5) is 0 Å².